The van der Waals surface area contributed by atoms with Crippen molar-refractivity contribution in [2.45, 2.75) is 25.7 Å². The molecule has 1 aromatic rings. The van der Waals surface area contributed by atoms with Crippen LogP contribution in [0.5, 0.6) is 0 Å². The van der Waals surface area contributed by atoms with E-state index in [0.29, 0.717) is 29.9 Å². The maximum absolute atomic E-state index is 12.0. The predicted octanol–water partition coefficient (Wildman–Crippen LogP) is 1.46. The first-order valence-electron chi connectivity index (χ1n) is 7.71. The fraction of sp³-hybridized carbons (Fsp3) is 0.562. The zero-order valence-corrected chi connectivity index (χ0v) is 12.1. The molecule has 1 saturated heterocycles. The van der Waals surface area contributed by atoms with Crippen LogP contribution in [0.15, 0.2) is 24.5 Å². The largest absolute Gasteiger partial charge is 0.352 e. The van der Waals surface area contributed by atoms with Gasteiger partial charge in [-0.05, 0) is 43.7 Å². The number of nitrogens with zero attached hydrogens (tertiary/aromatic N) is 2. The van der Waals surface area contributed by atoms with Gasteiger partial charge < -0.3 is 10.2 Å². The van der Waals surface area contributed by atoms with E-state index in [1.54, 1.807) is 24.5 Å². The van der Waals surface area contributed by atoms with Gasteiger partial charge in [-0.1, -0.05) is 0 Å². The number of likely N-dealkylation sites (tertiary alicyclic amines) is 1. The number of pyridine rings is 1. The number of amides is 2. The fourth-order valence-electron chi connectivity index (χ4n) is 2.78. The Morgan fingerprint density at radius 1 is 1.24 bits per heavy atom. The summed E-state index contributed by atoms with van der Waals surface area (Å²) >= 11 is 0. The van der Waals surface area contributed by atoms with Crippen molar-refractivity contribution in [1.82, 2.24) is 15.2 Å². The van der Waals surface area contributed by atoms with Crippen LogP contribution in [0.3, 0.4) is 0 Å². The highest BCUT2D eigenvalue weighted by atomic mass is 16.2. The number of aromatic nitrogens is 1. The van der Waals surface area contributed by atoms with Gasteiger partial charge in [0.05, 0.1) is 5.56 Å². The van der Waals surface area contributed by atoms with Crippen LogP contribution in [0.1, 0.15) is 36.0 Å². The number of hydrogen-bond acceptors (Lipinski definition) is 3. The molecular formula is C16H21N3O2. The number of carbonyl (C=O) groups excluding carboxylic acids is 2. The van der Waals surface area contributed by atoms with Crippen LogP contribution in [0.4, 0.5) is 0 Å². The molecule has 0 radical (unpaired) electrons. The molecule has 0 bridgehead atoms. The standard InChI is InChI=1S/C16H21N3O2/c20-15(14-2-1-7-17-11-14)18-10-12-5-8-19(9-6-12)16(21)13-3-4-13/h1-2,7,11-13H,3-6,8-10H2,(H,18,20). The highest BCUT2D eigenvalue weighted by Crippen LogP contribution is 2.32. The Morgan fingerprint density at radius 2 is 2.00 bits per heavy atom. The lowest BCUT2D eigenvalue weighted by molar-refractivity contribution is -0.133. The fourth-order valence-corrected chi connectivity index (χ4v) is 2.78. The molecule has 1 N–H and O–H groups in total. The maximum atomic E-state index is 12.0. The highest BCUT2D eigenvalue weighted by molar-refractivity contribution is 5.93. The predicted molar refractivity (Wildman–Crippen MR) is 78.6 cm³/mol. The minimum absolute atomic E-state index is 0.0698. The van der Waals surface area contributed by atoms with E-state index in [-0.39, 0.29) is 5.91 Å². The van der Waals surface area contributed by atoms with Crippen molar-refractivity contribution in [3.8, 4) is 0 Å². The van der Waals surface area contributed by atoms with Gasteiger partial charge in [0.15, 0.2) is 0 Å². The molecule has 2 heterocycles. The van der Waals surface area contributed by atoms with E-state index < -0.39 is 0 Å². The Morgan fingerprint density at radius 3 is 2.62 bits per heavy atom. The van der Waals surface area contributed by atoms with Gasteiger partial charge in [-0.2, -0.15) is 0 Å². The number of nitrogens with one attached hydrogen (secondary N) is 1. The molecule has 1 aliphatic carbocycles. The lowest BCUT2D eigenvalue weighted by Gasteiger charge is -2.32. The first kappa shape index (κ1) is 14.0. The lowest BCUT2D eigenvalue weighted by atomic mass is 9.96. The number of carbonyl (C=O) groups is 2. The van der Waals surface area contributed by atoms with Gasteiger partial charge in [0, 0.05) is 37.9 Å². The Kier molecular flexibility index (Phi) is 4.18. The smallest absolute Gasteiger partial charge is 0.252 e. The molecular weight excluding hydrogens is 266 g/mol. The number of piperidine rings is 1. The number of rotatable bonds is 4. The van der Waals surface area contributed by atoms with Crippen LogP contribution in [-0.4, -0.2) is 41.3 Å². The summed E-state index contributed by atoms with van der Waals surface area (Å²) < 4.78 is 0. The summed E-state index contributed by atoms with van der Waals surface area (Å²) in [4.78, 5) is 29.9. The summed E-state index contributed by atoms with van der Waals surface area (Å²) in [5.74, 6) is 1.05. The van der Waals surface area contributed by atoms with E-state index in [2.05, 4.69) is 10.3 Å². The van der Waals surface area contributed by atoms with Gasteiger partial charge in [-0.15, -0.1) is 0 Å². The van der Waals surface area contributed by atoms with E-state index in [1.807, 2.05) is 4.90 Å². The van der Waals surface area contributed by atoms with Crippen molar-refractivity contribution in [1.29, 1.82) is 0 Å². The lowest BCUT2D eigenvalue weighted by Crippen LogP contribution is -2.42. The second kappa shape index (κ2) is 6.24. The molecule has 2 aliphatic rings. The zero-order valence-electron chi connectivity index (χ0n) is 12.1. The normalized spacial score (nSPS) is 19.3. The molecule has 2 amide bonds. The van der Waals surface area contributed by atoms with Gasteiger partial charge in [-0.3, -0.25) is 14.6 Å². The quantitative estimate of drug-likeness (QED) is 0.912. The van der Waals surface area contributed by atoms with E-state index in [9.17, 15) is 9.59 Å². The van der Waals surface area contributed by atoms with Crippen LogP contribution >= 0.6 is 0 Å². The van der Waals surface area contributed by atoms with Crippen molar-refractivity contribution in [3.05, 3.63) is 30.1 Å². The molecule has 112 valence electrons. The molecule has 5 nitrogen and oxygen atoms in total. The third-order valence-corrected chi connectivity index (χ3v) is 4.33. The topological polar surface area (TPSA) is 62.3 Å². The molecule has 2 fully saturated rings. The second-order valence-corrected chi connectivity index (χ2v) is 5.99. The van der Waals surface area contributed by atoms with Crippen molar-refractivity contribution in [3.63, 3.8) is 0 Å². The van der Waals surface area contributed by atoms with Gasteiger partial charge in [0.2, 0.25) is 5.91 Å². The maximum Gasteiger partial charge on any atom is 0.252 e. The van der Waals surface area contributed by atoms with Gasteiger partial charge in [0.1, 0.15) is 0 Å². The van der Waals surface area contributed by atoms with E-state index in [1.165, 1.54) is 0 Å². The first-order chi connectivity index (χ1) is 10.2. The minimum Gasteiger partial charge on any atom is -0.352 e. The molecule has 5 heteroatoms. The summed E-state index contributed by atoms with van der Waals surface area (Å²) in [5.41, 5.74) is 0.596. The Labute approximate surface area is 124 Å². The third kappa shape index (κ3) is 3.60. The number of hydrogen-bond donors (Lipinski definition) is 1. The highest BCUT2D eigenvalue weighted by Gasteiger charge is 2.34. The molecule has 1 saturated carbocycles. The van der Waals surface area contributed by atoms with Crippen LogP contribution in [0, 0.1) is 11.8 Å². The SMILES string of the molecule is O=C(NCC1CCN(C(=O)C2CC2)CC1)c1cccnc1. The van der Waals surface area contributed by atoms with Crippen molar-refractivity contribution >= 4 is 11.8 Å². The average Bonchev–Trinajstić information content (AvgIpc) is 3.38. The molecule has 1 aromatic heterocycles. The molecule has 0 aromatic carbocycles. The summed E-state index contributed by atoms with van der Waals surface area (Å²) in [5, 5.41) is 2.97. The Hall–Kier alpha value is -1.91. The second-order valence-electron chi connectivity index (χ2n) is 5.99. The first-order valence-corrected chi connectivity index (χ1v) is 7.71. The molecule has 1 aliphatic heterocycles. The van der Waals surface area contributed by atoms with Crippen LogP contribution in [-0.2, 0) is 4.79 Å². The van der Waals surface area contributed by atoms with Crippen molar-refractivity contribution < 1.29 is 9.59 Å². The Balaban J connectivity index is 1.41. The van der Waals surface area contributed by atoms with Crippen LogP contribution in [0.25, 0.3) is 0 Å². The zero-order chi connectivity index (χ0) is 14.7. The summed E-state index contributed by atoms with van der Waals surface area (Å²) in [7, 11) is 0. The van der Waals surface area contributed by atoms with Crippen molar-refractivity contribution in [2.24, 2.45) is 11.8 Å². The van der Waals surface area contributed by atoms with Gasteiger partial charge in [-0.25, -0.2) is 0 Å². The van der Waals surface area contributed by atoms with Crippen LogP contribution < -0.4 is 5.32 Å². The Bertz CT molecular complexity index is 506. The van der Waals surface area contributed by atoms with Crippen molar-refractivity contribution in [2.75, 3.05) is 19.6 Å². The molecule has 0 spiro atoms. The van der Waals surface area contributed by atoms with Gasteiger partial charge >= 0.3 is 0 Å². The minimum atomic E-state index is -0.0698. The molecule has 0 unspecified atom stereocenters. The summed E-state index contributed by atoms with van der Waals surface area (Å²) in [6.07, 6.45) is 7.33. The summed E-state index contributed by atoms with van der Waals surface area (Å²) in [6, 6.07) is 3.52. The van der Waals surface area contributed by atoms with Gasteiger partial charge in [0.25, 0.3) is 5.91 Å². The van der Waals surface area contributed by atoms with E-state index in [0.717, 1.165) is 38.8 Å². The van der Waals surface area contributed by atoms with E-state index in [4.69, 9.17) is 0 Å². The van der Waals surface area contributed by atoms with E-state index >= 15 is 0 Å². The molecule has 0 atom stereocenters. The molecule has 3 rings (SSSR count). The van der Waals surface area contributed by atoms with Crippen LogP contribution in [0.2, 0.25) is 0 Å². The summed E-state index contributed by atoms with van der Waals surface area (Å²) in [6.45, 7) is 2.35. The average molecular weight is 287 g/mol. The third-order valence-electron chi connectivity index (χ3n) is 4.33. The monoisotopic (exact) mass is 287 g/mol. The molecule has 21 heavy (non-hydrogen) atoms.